The molecule has 2 rings (SSSR count). The Morgan fingerprint density at radius 2 is 2.24 bits per heavy atom. The second-order valence-electron chi connectivity index (χ2n) is 4.82. The lowest BCUT2D eigenvalue weighted by molar-refractivity contribution is -0.137. The van der Waals surface area contributed by atoms with Crippen LogP contribution >= 0.6 is 0 Å². The molecule has 0 amide bonds. The maximum absolute atomic E-state index is 13.1. The summed E-state index contributed by atoms with van der Waals surface area (Å²) in [6.07, 6.45) is -2.29. The molecule has 0 aromatic heterocycles. The van der Waals surface area contributed by atoms with E-state index in [4.69, 9.17) is 10.00 Å². The molecule has 3 nitrogen and oxygen atoms in total. The quantitative estimate of drug-likeness (QED) is 0.799. The largest absolute Gasteiger partial charge is 0.418 e. The van der Waals surface area contributed by atoms with E-state index in [0.717, 1.165) is 6.07 Å². The fourth-order valence-corrected chi connectivity index (χ4v) is 2.40. The highest BCUT2D eigenvalue weighted by atomic mass is 19.4. The SMILES string of the molecule is C=CCOC1CCN(c2ccc(C#N)cc2C(F)(F)F)C1. The third-order valence-electron chi connectivity index (χ3n) is 3.37. The zero-order valence-corrected chi connectivity index (χ0v) is 11.4. The predicted molar refractivity (Wildman–Crippen MR) is 72.9 cm³/mol. The van der Waals surface area contributed by atoms with Crippen LogP contribution in [0.1, 0.15) is 17.5 Å². The first-order chi connectivity index (χ1) is 9.95. The molecule has 1 aromatic carbocycles. The summed E-state index contributed by atoms with van der Waals surface area (Å²) in [6, 6.07) is 5.40. The number of ether oxygens (including phenoxy) is 1. The van der Waals surface area contributed by atoms with E-state index in [0.29, 0.717) is 26.1 Å². The van der Waals surface area contributed by atoms with Gasteiger partial charge in [0.25, 0.3) is 0 Å². The molecule has 1 unspecified atom stereocenters. The molecule has 0 saturated carbocycles. The van der Waals surface area contributed by atoms with E-state index >= 15 is 0 Å². The molecular formula is C15H15F3N2O. The molecule has 0 radical (unpaired) electrons. The Bertz CT molecular complexity index is 563. The third-order valence-corrected chi connectivity index (χ3v) is 3.37. The van der Waals surface area contributed by atoms with Gasteiger partial charge in [-0.1, -0.05) is 6.08 Å². The van der Waals surface area contributed by atoms with Gasteiger partial charge >= 0.3 is 6.18 Å². The van der Waals surface area contributed by atoms with Gasteiger partial charge in [-0.3, -0.25) is 0 Å². The van der Waals surface area contributed by atoms with Gasteiger partial charge in [0.15, 0.2) is 0 Å². The minimum absolute atomic E-state index is 0.00438. The highest BCUT2D eigenvalue weighted by molar-refractivity contribution is 5.58. The molecule has 1 fully saturated rings. The fourth-order valence-electron chi connectivity index (χ4n) is 2.40. The van der Waals surface area contributed by atoms with Gasteiger partial charge in [-0.25, -0.2) is 0 Å². The molecule has 1 aliphatic rings. The van der Waals surface area contributed by atoms with Gasteiger partial charge in [-0.15, -0.1) is 6.58 Å². The van der Waals surface area contributed by atoms with Crippen molar-refractivity contribution in [2.24, 2.45) is 0 Å². The zero-order valence-electron chi connectivity index (χ0n) is 11.4. The number of alkyl halides is 3. The Labute approximate surface area is 121 Å². The Balaban J connectivity index is 2.24. The van der Waals surface area contributed by atoms with E-state index in [1.54, 1.807) is 17.0 Å². The van der Waals surface area contributed by atoms with Crippen molar-refractivity contribution in [2.45, 2.75) is 18.7 Å². The number of nitriles is 1. The van der Waals surface area contributed by atoms with Crippen LogP contribution in [-0.2, 0) is 10.9 Å². The molecule has 6 heteroatoms. The van der Waals surface area contributed by atoms with Gasteiger partial charge in [0.05, 0.1) is 29.9 Å². The monoisotopic (exact) mass is 296 g/mol. The number of nitrogens with zero attached hydrogens (tertiary/aromatic N) is 2. The van der Waals surface area contributed by atoms with Crippen LogP contribution in [0.4, 0.5) is 18.9 Å². The number of anilines is 1. The smallest absolute Gasteiger partial charge is 0.372 e. The van der Waals surface area contributed by atoms with E-state index in [2.05, 4.69) is 6.58 Å². The molecule has 21 heavy (non-hydrogen) atoms. The first-order valence-corrected chi connectivity index (χ1v) is 6.54. The lowest BCUT2D eigenvalue weighted by atomic mass is 10.1. The van der Waals surface area contributed by atoms with Crippen molar-refractivity contribution in [1.29, 1.82) is 5.26 Å². The van der Waals surface area contributed by atoms with Gasteiger partial charge in [0, 0.05) is 18.8 Å². The van der Waals surface area contributed by atoms with E-state index in [-0.39, 0.29) is 17.4 Å². The Morgan fingerprint density at radius 1 is 1.48 bits per heavy atom. The van der Waals surface area contributed by atoms with Crippen LogP contribution in [0, 0.1) is 11.3 Å². The van der Waals surface area contributed by atoms with Crippen LogP contribution in [0.25, 0.3) is 0 Å². The predicted octanol–water partition coefficient (Wildman–Crippen LogP) is 3.36. The van der Waals surface area contributed by atoms with Crippen molar-refractivity contribution in [1.82, 2.24) is 0 Å². The van der Waals surface area contributed by atoms with E-state index in [9.17, 15) is 13.2 Å². The summed E-state index contributed by atoms with van der Waals surface area (Å²) in [6.45, 7) is 4.84. The van der Waals surface area contributed by atoms with Gasteiger partial charge in [0.2, 0.25) is 0 Å². The summed E-state index contributed by atoms with van der Waals surface area (Å²) in [5, 5.41) is 8.76. The topological polar surface area (TPSA) is 36.3 Å². The number of hydrogen-bond acceptors (Lipinski definition) is 3. The Morgan fingerprint density at radius 3 is 2.86 bits per heavy atom. The molecule has 1 aliphatic heterocycles. The summed E-state index contributed by atoms with van der Waals surface area (Å²) in [5.41, 5.74) is -0.665. The normalized spacial score (nSPS) is 18.6. The minimum atomic E-state index is -4.48. The molecule has 1 saturated heterocycles. The van der Waals surface area contributed by atoms with E-state index in [1.165, 1.54) is 12.1 Å². The third kappa shape index (κ3) is 3.56. The van der Waals surface area contributed by atoms with Crippen molar-refractivity contribution >= 4 is 5.69 Å². The van der Waals surface area contributed by atoms with Crippen LogP contribution in [0.2, 0.25) is 0 Å². The van der Waals surface area contributed by atoms with Gasteiger partial charge in [-0.2, -0.15) is 18.4 Å². The Kier molecular flexibility index (Phi) is 4.53. The Hall–Kier alpha value is -2.00. The van der Waals surface area contributed by atoms with Gasteiger partial charge in [0.1, 0.15) is 0 Å². The zero-order chi connectivity index (χ0) is 15.5. The molecule has 1 atom stereocenters. The summed E-state index contributed by atoms with van der Waals surface area (Å²) in [7, 11) is 0. The molecular weight excluding hydrogens is 281 g/mol. The molecule has 0 bridgehead atoms. The molecule has 1 aromatic rings. The second-order valence-corrected chi connectivity index (χ2v) is 4.82. The van der Waals surface area contributed by atoms with Crippen LogP contribution < -0.4 is 4.90 Å². The van der Waals surface area contributed by atoms with Crippen LogP contribution in [0.15, 0.2) is 30.9 Å². The molecule has 0 spiro atoms. The lowest BCUT2D eigenvalue weighted by Crippen LogP contribution is -2.25. The number of halogens is 3. The standard InChI is InChI=1S/C15H15F3N2O/c1-2-7-21-12-5-6-20(10-12)14-4-3-11(9-19)8-13(14)15(16,17)18/h2-4,8,12H,1,5-7,10H2. The van der Waals surface area contributed by atoms with Crippen molar-refractivity contribution in [2.75, 3.05) is 24.6 Å². The van der Waals surface area contributed by atoms with Crippen molar-refractivity contribution in [3.05, 3.63) is 42.0 Å². The molecule has 0 N–H and O–H groups in total. The average Bonchev–Trinajstić information content (AvgIpc) is 2.92. The summed E-state index contributed by atoms with van der Waals surface area (Å²) in [5.74, 6) is 0. The first kappa shape index (κ1) is 15.4. The summed E-state index contributed by atoms with van der Waals surface area (Å²) in [4.78, 5) is 1.65. The van der Waals surface area contributed by atoms with Gasteiger partial charge in [-0.05, 0) is 24.6 Å². The number of benzene rings is 1. The fraction of sp³-hybridized carbons (Fsp3) is 0.400. The van der Waals surface area contributed by atoms with Gasteiger partial charge < -0.3 is 9.64 Å². The average molecular weight is 296 g/mol. The molecule has 1 heterocycles. The number of hydrogen-bond donors (Lipinski definition) is 0. The van der Waals surface area contributed by atoms with Crippen LogP contribution in [0.3, 0.4) is 0 Å². The summed E-state index contributed by atoms with van der Waals surface area (Å²) >= 11 is 0. The summed E-state index contributed by atoms with van der Waals surface area (Å²) < 4.78 is 44.9. The van der Waals surface area contributed by atoms with Crippen molar-refractivity contribution < 1.29 is 17.9 Å². The van der Waals surface area contributed by atoms with Crippen LogP contribution in [-0.4, -0.2) is 25.8 Å². The molecule has 112 valence electrons. The van der Waals surface area contributed by atoms with E-state index < -0.39 is 11.7 Å². The maximum atomic E-state index is 13.1. The second kappa shape index (κ2) is 6.19. The van der Waals surface area contributed by atoms with E-state index in [1.807, 2.05) is 0 Å². The number of rotatable bonds is 4. The lowest BCUT2D eigenvalue weighted by Gasteiger charge is -2.23. The molecule has 0 aliphatic carbocycles. The highest BCUT2D eigenvalue weighted by Gasteiger charge is 2.36. The minimum Gasteiger partial charge on any atom is -0.372 e. The van der Waals surface area contributed by atoms with Crippen molar-refractivity contribution in [3.8, 4) is 6.07 Å². The van der Waals surface area contributed by atoms with Crippen molar-refractivity contribution in [3.63, 3.8) is 0 Å². The first-order valence-electron chi connectivity index (χ1n) is 6.54. The maximum Gasteiger partial charge on any atom is 0.418 e. The highest BCUT2D eigenvalue weighted by Crippen LogP contribution is 2.38. The van der Waals surface area contributed by atoms with Crippen LogP contribution in [0.5, 0.6) is 0 Å².